The van der Waals surface area contributed by atoms with Crippen LogP contribution in [0.25, 0.3) is 0 Å². The van der Waals surface area contributed by atoms with Gasteiger partial charge in [0.05, 0.1) is 10.9 Å². The van der Waals surface area contributed by atoms with Crippen LogP contribution in [0.3, 0.4) is 0 Å². The maximum absolute atomic E-state index is 13.3. The Hall–Kier alpha value is -3.19. The minimum Gasteiger partial charge on any atom is -0.332 e. The number of carbonyl (C=O) groups excluding carboxylic acids is 1. The summed E-state index contributed by atoms with van der Waals surface area (Å²) in [7, 11) is -3.83. The van der Waals surface area contributed by atoms with E-state index in [1.807, 2.05) is 36.1 Å². The maximum atomic E-state index is 13.3. The number of amides is 1. The number of aryl methyl sites for hydroxylation is 2. The van der Waals surface area contributed by atoms with Crippen LogP contribution < -0.4 is 4.72 Å². The summed E-state index contributed by atoms with van der Waals surface area (Å²) in [4.78, 5) is 19.3. The van der Waals surface area contributed by atoms with Gasteiger partial charge in [0.1, 0.15) is 0 Å². The number of anilines is 1. The monoisotopic (exact) mass is 435 g/mol. The van der Waals surface area contributed by atoms with Crippen LogP contribution in [0.4, 0.5) is 5.69 Å². The molecule has 1 saturated heterocycles. The zero-order chi connectivity index (χ0) is 22.0. The van der Waals surface area contributed by atoms with E-state index < -0.39 is 10.0 Å². The molecule has 2 aromatic carbocycles. The Kier molecular flexibility index (Phi) is 5.78. The van der Waals surface area contributed by atoms with E-state index in [2.05, 4.69) is 9.71 Å². The van der Waals surface area contributed by atoms with Gasteiger partial charge in [-0.1, -0.05) is 23.8 Å². The zero-order valence-electron chi connectivity index (χ0n) is 17.6. The Labute approximate surface area is 183 Å². The molecule has 31 heavy (non-hydrogen) atoms. The Morgan fingerprint density at radius 2 is 1.74 bits per heavy atom. The van der Waals surface area contributed by atoms with Crippen LogP contribution in [0.15, 0.2) is 71.9 Å². The minimum atomic E-state index is -3.83. The number of carbonyl (C=O) groups is 1. The molecule has 0 aliphatic carbocycles. The fourth-order valence-corrected chi connectivity index (χ4v) is 5.29. The van der Waals surface area contributed by atoms with Crippen LogP contribution in [0.5, 0.6) is 0 Å². The zero-order valence-corrected chi connectivity index (χ0v) is 18.4. The van der Waals surface area contributed by atoms with Gasteiger partial charge in [-0.2, -0.15) is 0 Å². The molecule has 3 aromatic rings. The molecule has 160 valence electrons. The van der Waals surface area contributed by atoms with Crippen LogP contribution in [-0.4, -0.2) is 30.8 Å². The van der Waals surface area contributed by atoms with Crippen molar-refractivity contribution in [3.63, 3.8) is 0 Å². The van der Waals surface area contributed by atoms with E-state index in [0.29, 0.717) is 23.4 Å². The van der Waals surface area contributed by atoms with Gasteiger partial charge in [0.15, 0.2) is 0 Å². The molecule has 0 spiro atoms. The van der Waals surface area contributed by atoms with Crippen molar-refractivity contribution in [2.24, 2.45) is 0 Å². The van der Waals surface area contributed by atoms with Gasteiger partial charge in [0, 0.05) is 30.2 Å². The second-order valence-electron chi connectivity index (χ2n) is 7.89. The molecular formula is C24H25N3O3S. The molecule has 1 amide bonds. The maximum Gasteiger partial charge on any atom is 0.262 e. The second kappa shape index (κ2) is 8.51. The number of benzene rings is 2. The highest BCUT2D eigenvalue weighted by atomic mass is 32.2. The van der Waals surface area contributed by atoms with Gasteiger partial charge in [0.25, 0.3) is 15.9 Å². The first-order valence-corrected chi connectivity index (χ1v) is 11.7. The molecule has 1 aliphatic heterocycles. The molecule has 7 heteroatoms. The van der Waals surface area contributed by atoms with Crippen molar-refractivity contribution < 1.29 is 13.2 Å². The van der Waals surface area contributed by atoms with Crippen molar-refractivity contribution in [3.05, 3.63) is 89.2 Å². The predicted molar refractivity (Wildman–Crippen MR) is 120 cm³/mol. The van der Waals surface area contributed by atoms with Gasteiger partial charge >= 0.3 is 0 Å². The topological polar surface area (TPSA) is 79.4 Å². The summed E-state index contributed by atoms with van der Waals surface area (Å²) in [6, 6.07) is 15.8. The largest absolute Gasteiger partial charge is 0.332 e. The minimum absolute atomic E-state index is 0.0254. The summed E-state index contributed by atoms with van der Waals surface area (Å²) < 4.78 is 28.7. The van der Waals surface area contributed by atoms with Gasteiger partial charge in [-0.25, -0.2) is 8.42 Å². The number of nitrogens with zero attached hydrogens (tertiary/aromatic N) is 2. The number of pyridine rings is 1. The lowest BCUT2D eigenvalue weighted by Gasteiger charge is -2.25. The smallest absolute Gasteiger partial charge is 0.262 e. The Bertz CT molecular complexity index is 1190. The summed E-state index contributed by atoms with van der Waals surface area (Å²) in [6.45, 7) is 4.31. The number of nitrogens with one attached hydrogen (secondary N) is 1. The average molecular weight is 436 g/mol. The van der Waals surface area contributed by atoms with Gasteiger partial charge < -0.3 is 4.90 Å². The molecule has 1 N–H and O–H groups in total. The van der Waals surface area contributed by atoms with Crippen molar-refractivity contribution in [3.8, 4) is 0 Å². The third kappa shape index (κ3) is 4.46. The molecule has 1 atom stereocenters. The van der Waals surface area contributed by atoms with Gasteiger partial charge in [-0.15, -0.1) is 0 Å². The number of rotatable bonds is 5. The van der Waals surface area contributed by atoms with E-state index in [1.165, 1.54) is 6.07 Å². The SMILES string of the molecule is Cc1ccc(NS(=O)(=O)c2cc(C(=O)N3CCCC3c3ccncc3)ccc2C)cc1. The predicted octanol–water partition coefficient (Wildman–Crippen LogP) is 4.48. The molecule has 6 nitrogen and oxygen atoms in total. The first-order valence-electron chi connectivity index (χ1n) is 10.3. The highest BCUT2D eigenvalue weighted by Crippen LogP contribution is 2.33. The number of hydrogen-bond donors (Lipinski definition) is 1. The molecule has 1 fully saturated rings. The van der Waals surface area contributed by atoms with E-state index in [4.69, 9.17) is 0 Å². The summed E-state index contributed by atoms with van der Waals surface area (Å²) in [5.41, 5.74) is 3.53. The Morgan fingerprint density at radius 3 is 2.45 bits per heavy atom. The van der Waals surface area contributed by atoms with Crippen LogP contribution >= 0.6 is 0 Å². The molecule has 0 bridgehead atoms. The van der Waals surface area contributed by atoms with E-state index >= 15 is 0 Å². The van der Waals surface area contributed by atoms with Crippen molar-refractivity contribution in [1.29, 1.82) is 0 Å². The van der Waals surface area contributed by atoms with Crippen molar-refractivity contribution in [2.45, 2.75) is 37.6 Å². The quantitative estimate of drug-likeness (QED) is 0.641. The van der Waals surface area contributed by atoms with E-state index in [-0.39, 0.29) is 16.8 Å². The van der Waals surface area contributed by atoms with Gasteiger partial charge in [0.2, 0.25) is 0 Å². The van der Waals surface area contributed by atoms with Crippen LogP contribution in [0.2, 0.25) is 0 Å². The number of likely N-dealkylation sites (tertiary alicyclic amines) is 1. The number of sulfonamides is 1. The third-order valence-electron chi connectivity index (χ3n) is 5.63. The summed E-state index contributed by atoms with van der Waals surface area (Å²) in [6.07, 6.45) is 5.24. The summed E-state index contributed by atoms with van der Waals surface area (Å²) in [5, 5.41) is 0. The van der Waals surface area contributed by atoms with Crippen LogP contribution in [0.1, 0.15) is 45.9 Å². The number of hydrogen-bond acceptors (Lipinski definition) is 4. The van der Waals surface area contributed by atoms with Gasteiger partial charge in [-0.05, 0) is 74.2 Å². The summed E-state index contributed by atoms with van der Waals surface area (Å²) >= 11 is 0. The van der Waals surface area contributed by atoms with E-state index in [1.54, 1.807) is 43.6 Å². The lowest BCUT2D eigenvalue weighted by Crippen LogP contribution is -2.30. The highest BCUT2D eigenvalue weighted by molar-refractivity contribution is 7.92. The van der Waals surface area contributed by atoms with Crippen molar-refractivity contribution >= 4 is 21.6 Å². The molecule has 0 radical (unpaired) electrons. The first-order chi connectivity index (χ1) is 14.8. The van der Waals surface area contributed by atoms with Crippen LogP contribution in [-0.2, 0) is 10.0 Å². The fraction of sp³-hybridized carbons (Fsp3) is 0.250. The Morgan fingerprint density at radius 1 is 1.03 bits per heavy atom. The van der Waals surface area contributed by atoms with E-state index in [0.717, 1.165) is 24.0 Å². The fourth-order valence-electron chi connectivity index (χ4n) is 3.96. The third-order valence-corrected chi connectivity index (χ3v) is 7.16. The molecule has 1 unspecified atom stereocenters. The summed E-state index contributed by atoms with van der Waals surface area (Å²) in [5.74, 6) is -0.161. The van der Waals surface area contributed by atoms with E-state index in [9.17, 15) is 13.2 Å². The lowest BCUT2D eigenvalue weighted by atomic mass is 10.1. The number of aromatic nitrogens is 1. The van der Waals surface area contributed by atoms with Crippen molar-refractivity contribution in [2.75, 3.05) is 11.3 Å². The van der Waals surface area contributed by atoms with Crippen LogP contribution in [0, 0.1) is 13.8 Å². The Balaban J connectivity index is 1.62. The second-order valence-corrected chi connectivity index (χ2v) is 9.54. The van der Waals surface area contributed by atoms with Crippen molar-refractivity contribution in [1.82, 2.24) is 9.88 Å². The first kappa shape index (κ1) is 21.1. The van der Waals surface area contributed by atoms with Gasteiger partial charge in [-0.3, -0.25) is 14.5 Å². The standard InChI is InChI=1S/C24H25N3O3S/c1-17-5-9-21(10-6-17)26-31(29,30)23-16-20(8-7-18(23)2)24(28)27-15-3-4-22(27)19-11-13-25-14-12-19/h5-14,16,22,26H,3-4,15H2,1-2H3. The molecule has 4 rings (SSSR count). The highest BCUT2D eigenvalue weighted by Gasteiger charge is 2.31. The molecular weight excluding hydrogens is 410 g/mol. The molecule has 2 heterocycles. The normalized spacial score (nSPS) is 16.3. The lowest BCUT2D eigenvalue weighted by molar-refractivity contribution is 0.0735. The molecule has 1 aromatic heterocycles. The average Bonchev–Trinajstić information content (AvgIpc) is 3.25. The molecule has 1 aliphatic rings. The molecule has 0 saturated carbocycles.